The Bertz CT molecular complexity index is 806. The molecule has 0 spiro atoms. The largest absolute Gasteiger partial charge is 0.353 e. The van der Waals surface area contributed by atoms with Crippen molar-refractivity contribution in [2.75, 3.05) is 18.0 Å². The SMILES string of the molecule is Fc1cccnc1N1CC[C@H](N[C@@H](c2ccccc2)c2ncc[nH]2)C1. The number of rotatable bonds is 5. The van der Waals surface area contributed by atoms with Crippen LogP contribution >= 0.6 is 0 Å². The maximum absolute atomic E-state index is 14.0. The molecule has 1 aliphatic rings. The number of nitrogens with zero attached hydrogens (tertiary/aromatic N) is 3. The molecule has 1 fully saturated rings. The highest BCUT2D eigenvalue weighted by Crippen LogP contribution is 2.25. The third-order valence-corrected chi connectivity index (χ3v) is 4.55. The van der Waals surface area contributed by atoms with E-state index in [-0.39, 0.29) is 17.9 Å². The van der Waals surface area contributed by atoms with Crippen molar-refractivity contribution in [3.8, 4) is 0 Å². The predicted molar refractivity (Wildman–Crippen MR) is 94.8 cm³/mol. The molecule has 1 aromatic carbocycles. The van der Waals surface area contributed by atoms with E-state index in [0.717, 1.165) is 30.9 Å². The monoisotopic (exact) mass is 337 g/mol. The van der Waals surface area contributed by atoms with Crippen LogP contribution in [0.1, 0.15) is 23.9 Å². The minimum atomic E-state index is -0.270. The molecule has 1 saturated heterocycles. The van der Waals surface area contributed by atoms with Gasteiger partial charge in [0.05, 0.1) is 6.04 Å². The lowest BCUT2D eigenvalue weighted by Gasteiger charge is -2.23. The third kappa shape index (κ3) is 3.39. The van der Waals surface area contributed by atoms with Crippen LogP contribution in [0.4, 0.5) is 10.2 Å². The lowest BCUT2D eigenvalue weighted by atomic mass is 10.0. The Kier molecular flexibility index (Phi) is 4.43. The van der Waals surface area contributed by atoms with Gasteiger partial charge in [-0.2, -0.15) is 0 Å². The standard InChI is InChI=1S/C19H20FN5/c20-16-7-4-9-23-19(16)25-12-8-15(13-25)24-17(18-21-10-11-22-18)14-5-2-1-3-6-14/h1-7,9-11,15,17,24H,8,12-13H2,(H,21,22)/t15-,17-/m0/s1. The van der Waals surface area contributed by atoms with Crippen LogP contribution in [0.5, 0.6) is 0 Å². The number of nitrogens with one attached hydrogen (secondary N) is 2. The molecule has 6 heteroatoms. The van der Waals surface area contributed by atoms with Gasteiger partial charge in [0.25, 0.3) is 0 Å². The van der Waals surface area contributed by atoms with E-state index in [2.05, 4.69) is 32.4 Å². The van der Waals surface area contributed by atoms with Crippen LogP contribution in [0.15, 0.2) is 61.1 Å². The molecule has 5 nitrogen and oxygen atoms in total. The van der Waals surface area contributed by atoms with E-state index in [9.17, 15) is 4.39 Å². The average Bonchev–Trinajstić information content (AvgIpc) is 3.33. The second-order valence-electron chi connectivity index (χ2n) is 6.23. The lowest BCUT2D eigenvalue weighted by Crippen LogP contribution is -2.36. The Morgan fingerprint density at radius 3 is 2.76 bits per heavy atom. The van der Waals surface area contributed by atoms with Crippen LogP contribution in [0.3, 0.4) is 0 Å². The number of hydrogen-bond acceptors (Lipinski definition) is 4. The second kappa shape index (κ2) is 7.03. The minimum absolute atomic E-state index is 0.0188. The fraction of sp³-hybridized carbons (Fsp3) is 0.263. The zero-order chi connectivity index (χ0) is 17.1. The summed E-state index contributed by atoms with van der Waals surface area (Å²) in [6, 6.07) is 13.5. The zero-order valence-electron chi connectivity index (χ0n) is 13.8. The summed E-state index contributed by atoms with van der Waals surface area (Å²) in [6.07, 6.45) is 6.16. The van der Waals surface area contributed by atoms with Gasteiger partial charge in [-0.1, -0.05) is 30.3 Å². The molecule has 2 N–H and O–H groups in total. The first-order valence-corrected chi connectivity index (χ1v) is 8.47. The van der Waals surface area contributed by atoms with Crippen molar-refractivity contribution in [1.82, 2.24) is 20.3 Å². The lowest BCUT2D eigenvalue weighted by molar-refractivity contribution is 0.487. The molecular formula is C19H20FN5. The molecule has 2 atom stereocenters. The van der Waals surface area contributed by atoms with Gasteiger partial charge >= 0.3 is 0 Å². The molecule has 128 valence electrons. The van der Waals surface area contributed by atoms with Gasteiger partial charge in [-0.15, -0.1) is 0 Å². The highest BCUT2D eigenvalue weighted by Gasteiger charge is 2.28. The van der Waals surface area contributed by atoms with Crippen LogP contribution < -0.4 is 10.2 Å². The molecule has 0 radical (unpaired) electrons. The number of aromatic nitrogens is 3. The van der Waals surface area contributed by atoms with Crippen LogP contribution in [-0.2, 0) is 0 Å². The maximum atomic E-state index is 14.0. The van der Waals surface area contributed by atoms with Crippen LogP contribution in [0.2, 0.25) is 0 Å². The summed E-state index contributed by atoms with van der Waals surface area (Å²) >= 11 is 0. The fourth-order valence-corrected chi connectivity index (χ4v) is 3.35. The molecule has 25 heavy (non-hydrogen) atoms. The second-order valence-corrected chi connectivity index (χ2v) is 6.23. The Hall–Kier alpha value is -2.73. The summed E-state index contributed by atoms with van der Waals surface area (Å²) < 4.78 is 14.0. The first kappa shape index (κ1) is 15.8. The van der Waals surface area contributed by atoms with Crippen molar-refractivity contribution < 1.29 is 4.39 Å². The molecule has 4 rings (SSSR count). The Balaban J connectivity index is 1.51. The Labute approximate surface area is 145 Å². The summed E-state index contributed by atoms with van der Waals surface area (Å²) in [5, 5.41) is 3.67. The minimum Gasteiger partial charge on any atom is -0.353 e. The zero-order valence-corrected chi connectivity index (χ0v) is 13.8. The number of hydrogen-bond donors (Lipinski definition) is 2. The molecule has 0 amide bonds. The van der Waals surface area contributed by atoms with Gasteiger partial charge in [-0.05, 0) is 24.1 Å². The number of benzene rings is 1. The summed E-state index contributed by atoms with van der Waals surface area (Å²) in [5.74, 6) is 1.04. The van der Waals surface area contributed by atoms with E-state index in [0.29, 0.717) is 5.82 Å². The number of anilines is 1. The van der Waals surface area contributed by atoms with Gasteiger partial charge in [0, 0.05) is 37.7 Å². The molecule has 0 aliphatic carbocycles. The summed E-state index contributed by atoms with van der Waals surface area (Å²) in [7, 11) is 0. The van der Waals surface area contributed by atoms with Crippen molar-refractivity contribution in [2.45, 2.75) is 18.5 Å². The molecule has 0 saturated carbocycles. The first-order valence-electron chi connectivity index (χ1n) is 8.47. The molecule has 0 unspecified atom stereocenters. The normalized spacial score (nSPS) is 18.4. The van der Waals surface area contributed by atoms with Gasteiger partial charge in [0.1, 0.15) is 5.82 Å². The predicted octanol–water partition coefficient (Wildman–Crippen LogP) is 2.90. The van der Waals surface area contributed by atoms with Gasteiger partial charge < -0.3 is 9.88 Å². The number of halogens is 1. The number of imidazole rings is 1. The molecule has 3 aromatic rings. The quantitative estimate of drug-likeness (QED) is 0.752. The van der Waals surface area contributed by atoms with E-state index in [1.165, 1.54) is 6.07 Å². The molecule has 3 heterocycles. The number of aromatic amines is 1. The van der Waals surface area contributed by atoms with Crippen molar-refractivity contribution in [3.63, 3.8) is 0 Å². The Morgan fingerprint density at radius 1 is 1.12 bits per heavy atom. The van der Waals surface area contributed by atoms with Crippen molar-refractivity contribution in [1.29, 1.82) is 0 Å². The van der Waals surface area contributed by atoms with Gasteiger partial charge in [0.15, 0.2) is 11.6 Å². The molecule has 2 aromatic heterocycles. The van der Waals surface area contributed by atoms with E-state index in [1.54, 1.807) is 18.5 Å². The highest BCUT2D eigenvalue weighted by molar-refractivity contribution is 5.41. The summed E-state index contributed by atoms with van der Waals surface area (Å²) in [6.45, 7) is 1.50. The van der Waals surface area contributed by atoms with Crippen LogP contribution in [-0.4, -0.2) is 34.1 Å². The Morgan fingerprint density at radius 2 is 2.00 bits per heavy atom. The molecular weight excluding hydrogens is 317 g/mol. The first-order chi connectivity index (χ1) is 12.3. The number of H-pyrrole nitrogens is 1. The van der Waals surface area contributed by atoms with E-state index < -0.39 is 0 Å². The molecule has 1 aliphatic heterocycles. The van der Waals surface area contributed by atoms with Crippen LogP contribution in [0, 0.1) is 5.82 Å². The van der Waals surface area contributed by atoms with Crippen LogP contribution in [0.25, 0.3) is 0 Å². The van der Waals surface area contributed by atoms with Gasteiger partial charge in [-0.25, -0.2) is 14.4 Å². The number of pyridine rings is 1. The van der Waals surface area contributed by atoms with E-state index >= 15 is 0 Å². The van der Waals surface area contributed by atoms with Gasteiger partial charge in [-0.3, -0.25) is 5.32 Å². The van der Waals surface area contributed by atoms with Crippen molar-refractivity contribution >= 4 is 5.82 Å². The van der Waals surface area contributed by atoms with Gasteiger partial charge in [0.2, 0.25) is 0 Å². The molecule has 0 bridgehead atoms. The smallest absolute Gasteiger partial charge is 0.165 e. The van der Waals surface area contributed by atoms with E-state index in [4.69, 9.17) is 0 Å². The van der Waals surface area contributed by atoms with E-state index in [1.807, 2.05) is 29.3 Å². The topological polar surface area (TPSA) is 56.8 Å². The fourth-order valence-electron chi connectivity index (χ4n) is 3.35. The summed E-state index contributed by atoms with van der Waals surface area (Å²) in [4.78, 5) is 13.8. The summed E-state index contributed by atoms with van der Waals surface area (Å²) in [5.41, 5.74) is 1.15. The third-order valence-electron chi connectivity index (χ3n) is 4.55. The van der Waals surface area contributed by atoms with Crippen molar-refractivity contribution in [3.05, 3.63) is 78.3 Å². The van der Waals surface area contributed by atoms with Crippen molar-refractivity contribution in [2.24, 2.45) is 0 Å². The maximum Gasteiger partial charge on any atom is 0.165 e. The average molecular weight is 337 g/mol. The highest BCUT2D eigenvalue weighted by atomic mass is 19.1.